The third kappa shape index (κ3) is 4.87. The number of carbonyl (C=O) groups is 2. The monoisotopic (exact) mass is 428 g/mol. The average molecular weight is 429 g/mol. The quantitative estimate of drug-likeness (QED) is 0.510. The van der Waals surface area contributed by atoms with E-state index in [0.717, 1.165) is 35.2 Å². The van der Waals surface area contributed by atoms with Crippen LogP contribution in [0.5, 0.6) is 0 Å². The number of hydrogen-bond donors (Lipinski definition) is 0. The predicted molar refractivity (Wildman–Crippen MR) is 118 cm³/mol. The minimum atomic E-state index is -0.416. The van der Waals surface area contributed by atoms with Gasteiger partial charge in [-0.1, -0.05) is 30.7 Å². The number of carbonyl (C=O) groups excluding carboxylic acids is 2. The van der Waals surface area contributed by atoms with Crippen LogP contribution >= 0.6 is 11.3 Å². The van der Waals surface area contributed by atoms with Gasteiger partial charge < -0.3 is 9.30 Å². The van der Waals surface area contributed by atoms with Crippen molar-refractivity contribution in [2.45, 2.75) is 60.0 Å². The van der Waals surface area contributed by atoms with E-state index in [9.17, 15) is 9.59 Å². The van der Waals surface area contributed by atoms with E-state index in [1.54, 1.807) is 22.2 Å². The number of hydrogen-bond acceptors (Lipinski definition) is 5. The second kappa shape index (κ2) is 9.84. The second-order valence-corrected chi connectivity index (χ2v) is 8.09. The van der Waals surface area contributed by atoms with Gasteiger partial charge in [0.15, 0.2) is 10.5 Å². The number of ether oxygens (including phenoxy) is 1. The molecule has 3 aromatic rings. The summed E-state index contributed by atoms with van der Waals surface area (Å²) in [7, 11) is 0. The molecule has 7 nitrogen and oxygen atoms in total. The van der Waals surface area contributed by atoms with Gasteiger partial charge in [0.05, 0.1) is 16.8 Å². The SMILES string of the molecule is CCCCc1ccc2c(c1)sc(=NC(=O)c1cc(C)n(CC)n1)n2CC(=O)OCC. The number of aromatic nitrogens is 3. The Bertz CT molecular complexity index is 1120. The first-order chi connectivity index (χ1) is 14.5. The first-order valence-corrected chi connectivity index (χ1v) is 11.2. The molecule has 0 atom stereocenters. The third-order valence-electron chi connectivity index (χ3n) is 4.86. The van der Waals surface area contributed by atoms with Crippen LogP contribution in [-0.2, 0) is 29.0 Å². The lowest BCUT2D eigenvalue weighted by Gasteiger charge is -2.06. The molecule has 0 aliphatic rings. The van der Waals surface area contributed by atoms with Gasteiger partial charge in [0.1, 0.15) is 6.54 Å². The summed E-state index contributed by atoms with van der Waals surface area (Å²) in [5, 5.41) is 4.32. The van der Waals surface area contributed by atoms with Crippen molar-refractivity contribution in [2.24, 2.45) is 4.99 Å². The Kier molecular flexibility index (Phi) is 7.20. The van der Waals surface area contributed by atoms with Crippen molar-refractivity contribution in [1.29, 1.82) is 0 Å². The molecule has 0 aliphatic carbocycles. The highest BCUT2D eigenvalue weighted by Gasteiger charge is 2.15. The van der Waals surface area contributed by atoms with Crippen LogP contribution in [0.1, 0.15) is 55.4 Å². The van der Waals surface area contributed by atoms with Crippen LogP contribution in [0.2, 0.25) is 0 Å². The van der Waals surface area contributed by atoms with Gasteiger partial charge in [-0.25, -0.2) is 0 Å². The number of rotatable bonds is 8. The summed E-state index contributed by atoms with van der Waals surface area (Å²) in [5.74, 6) is -0.770. The Hall–Kier alpha value is -2.74. The zero-order chi connectivity index (χ0) is 21.7. The maximum atomic E-state index is 12.8. The Morgan fingerprint density at radius 3 is 2.67 bits per heavy atom. The van der Waals surface area contributed by atoms with Crippen molar-refractivity contribution < 1.29 is 14.3 Å². The van der Waals surface area contributed by atoms with Gasteiger partial charge in [0, 0.05) is 12.2 Å². The zero-order valence-corrected chi connectivity index (χ0v) is 18.8. The number of unbranched alkanes of at least 4 members (excludes halogenated alkanes) is 1. The van der Waals surface area contributed by atoms with E-state index in [-0.39, 0.29) is 12.5 Å². The van der Waals surface area contributed by atoms with Crippen LogP contribution in [0.4, 0.5) is 0 Å². The van der Waals surface area contributed by atoms with E-state index in [2.05, 4.69) is 29.1 Å². The maximum absolute atomic E-state index is 12.8. The predicted octanol–water partition coefficient (Wildman–Crippen LogP) is 3.87. The smallest absolute Gasteiger partial charge is 0.326 e. The number of nitrogens with zero attached hydrogens (tertiary/aromatic N) is 4. The summed E-state index contributed by atoms with van der Waals surface area (Å²) in [6.45, 7) is 8.83. The molecule has 2 heterocycles. The first-order valence-electron chi connectivity index (χ1n) is 10.4. The maximum Gasteiger partial charge on any atom is 0.326 e. The van der Waals surface area contributed by atoms with Crippen LogP contribution in [-0.4, -0.2) is 32.8 Å². The highest BCUT2D eigenvalue weighted by molar-refractivity contribution is 7.16. The van der Waals surface area contributed by atoms with Crippen molar-refractivity contribution in [3.05, 3.63) is 46.0 Å². The van der Waals surface area contributed by atoms with Crippen molar-refractivity contribution in [3.63, 3.8) is 0 Å². The van der Waals surface area contributed by atoms with Crippen molar-refractivity contribution >= 4 is 33.4 Å². The molecule has 0 aliphatic heterocycles. The zero-order valence-electron chi connectivity index (χ0n) is 18.0. The summed E-state index contributed by atoms with van der Waals surface area (Å²) in [6, 6.07) is 7.93. The van der Waals surface area contributed by atoms with E-state index in [0.29, 0.717) is 23.6 Å². The van der Waals surface area contributed by atoms with Crippen LogP contribution in [0, 0.1) is 6.92 Å². The van der Waals surface area contributed by atoms with Gasteiger partial charge in [-0.3, -0.25) is 14.3 Å². The molecule has 160 valence electrons. The summed E-state index contributed by atoms with van der Waals surface area (Å²) in [6.07, 6.45) is 3.25. The summed E-state index contributed by atoms with van der Waals surface area (Å²) in [4.78, 5) is 29.7. The fourth-order valence-electron chi connectivity index (χ4n) is 3.31. The van der Waals surface area contributed by atoms with Crippen LogP contribution in [0.25, 0.3) is 10.2 Å². The van der Waals surface area contributed by atoms with Crippen molar-refractivity contribution in [3.8, 4) is 0 Å². The molecule has 30 heavy (non-hydrogen) atoms. The molecular formula is C22H28N4O3S. The molecular weight excluding hydrogens is 400 g/mol. The highest BCUT2D eigenvalue weighted by atomic mass is 32.1. The molecule has 8 heteroatoms. The third-order valence-corrected chi connectivity index (χ3v) is 5.90. The fourth-order valence-corrected chi connectivity index (χ4v) is 4.40. The van der Waals surface area contributed by atoms with Gasteiger partial charge in [-0.05, 0) is 57.4 Å². The van der Waals surface area contributed by atoms with Gasteiger partial charge in [0.25, 0.3) is 5.91 Å². The molecule has 0 spiro atoms. The van der Waals surface area contributed by atoms with Crippen LogP contribution in [0.15, 0.2) is 29.3 Å². The molecule has 0 bridgehead atoms. The summed E-state index contributed by atoms with van der Waals surface area (Å²) in [5.41, 5.74) is 3.32. The van der Waals surface area contributed by atoms with Crippen LogP contribution < -0.4 is 4.80 Å². The van der Waals surface area contributed by atoms with Gasteiger partial charge in [-0.15, -0.1) is 0 Å². The normalized spacial score (nSPS) is 11.9. The molecule has 0 N–H and O–H groups in total. The summed E-state index contributed by atoms with van der Waals surface area (Å²) >= 11 is 1.40. The molecule has 1 aromatic carbocycles. The molecule has 3 rings (SSSR count). The number of thiazole rings is 1. The fraction of sp³-hybridized carbons (Fsp3) is 0.455. The average Bonchev–Trinajstić information content (AvgIpc) is 3.26. The number of amides is 1. The standard InChI is InChI=1S/C22H28N4O3S/c1-5-8-9-16-10-11-18-19(13-16)30-22(25(18)14-20(27)29-7-3)23-21(28)17-12-15(4)26(6-2)24-17/h10-13H,5-9,14H2,1-4H3. The number of fused-ring (bicyclic) bond motifs is 1. The Morgan fingerprint density at radius 2 is 2.00 bits per heavy atom. The van der Waals surface area contributed by atoms with Gasteiger partial charge >= 0.3 is 5.97 Å². The molecule has 0 fully saturated rings. The number of esters is 1. The lowest BCUT2D eigenvalue weighted by Crippen LogP contribution is -2.23. The Morgan fingerprint density at radius 1 is 1.20 bits per heavy atom. The molecule has 0 radical (unpaired) electrons. The minimum Gasteiger partial charge on any atom is -0.465 e. The summed E-state index contributed by atoms with van der Waals surface area (Å²) < 4.78 is 9.63. The molecule has 2 aromatic heterocycles. The van der Waals surface area contributed by atoms with E-state index in [1.165, 1.54) is 16.9 Å². The van der Waals surface area contributed by atoms with Gasteiger partial charge in [-0.2, -0.15) is 10.1 Å². The van der Waals surface area contributed by atoms with E-state index >= 15 is 0 Å². The van der Waals surface area contributed by atoms with Crippen molar-refractivity contribution in [2.75, 3.05) is 6.61 Å². The molecule has 0 unspecified atom stereocenters. The Balaban J connectivity index is 2.06. The van der Waals surface area contributed by atoms with E-state index < -0.39 is 5.91 Å². The Labute approximate surface area is 180 Å². The second-order valence-electron chi connectivity index (χ2n) is 7.09. The highest BCUT2D eigenvalue weighted by Crippen LogP contribution is 2.21. The lowest BCUT2D eigenvalue weighted by atomic mass is 10.1. The molecule has 0 saturated heterocycles. The number of aryl methyl sites for hydroxylation is 3. The first kappa shape index (κ1) is 22.0. The molecule has 0 saturated carbocycles. The van der Waals surface area contributed by atoms with E-state index in [1.807, 2.05) is 19.9 Å². The lowest BCUT2D eigenvalue weighted by molar-refractivity contribution is -0.143. The largest absolute Gasteiger partial charge is 0.465 e. The van der Waals surface area contributed by atoms with Gasteiger partial charge in [0.2, 0.25) is 0 Å². The van der Waals surface area contributed by atoms with Crippen molar-refractivity contribution in [1.82, 2.24) is 14.3 Å². The number of benzene rings is 1. The van der Waals surface area contributed by atoms with E-state index in [4.69, 9.17) is 4.74 Å². The molecule has 1 amide bonds. The minimum absolute atomic E-state index is 0.0106. The topological polar surface area (TPSA) is 78.5 Å². The van der Waals surface area contributed by atoms with Crippen LogP contribution in [0.3, 0.4) is 0 Å².